The van der Waals surface area contributed by atoms with E-state index in [1.165, 1.54) is 5.56 Å². The van der Waals surface area contributed by atoms with E-state index in [0.717, 1.165) is 10.5 Å². The molecule has 0 saturated heterocycles. The normalized spacial score (nSPS) is 10.1. The van der Waals surface area contributed by atoms with Crippen molar-refractivity contribution in [2.45, 2.75) is 25.2 Å². The van der Waals surface area contributed by atoms with E-state index in [1.54, 1.807) is 11.8 Å². The molecular formula is C12H16O2S. The third kappa shape index (κ3) is 3.59. The molecule has 0 aliphatic carbocycles. The van der Waals surface area contributed by atoms with E-state index < -0.39 is 0 Å². The van der Waals surface area contributed by atoms with Crippen LogP contribution in [0, 0.1) is 6.92 Å². The molecule has 0 aromatic heterocycles. The van der Waals surface area contributed by atoms with Crippen LogP contribution in [0.2, 0.25) is 0 Å². The monoisotopic (exact) mass is 224 g/mol. The van der Waals surface area contributed by atoms with Gasteiger partial charge in [-0.2, -0.15) is 0 Å². The van der Waals surface area contributed by atoms with E-state index in [2.05, 4.69) is 12.1 Å². The summed E-state index contributed by atoms with van der Waals surface area (Å²) in [5, 5.41) is 0. The Bertz CT molecular complexity index is 347. The molecule has 1 rings (SSSR count). The molecule has 0 unspecified atom stereocenters. The van der Waals surface area contributed by atoms with Gasteiger partial charge in [0.2, 0.25) is 0 Å². The highest BCUT2D eigenvalue weighted by Gasteiger charge is 2.08. The molecule has 0 radical (unpaired) electrons. The second kappa shape index (κ2) is 5.81. The Hall–Kier alpha value is -0.960. The Morgan fingerprint density at radius 3 is 2.80 bits per heavy atom. The third-order valence-corrected chi connectivity index (χ3v) is 2.91. The zero-order valence-corrected chi connectivity index (χ0v) is 10.2. The summed E-state index contributed by atoms with van der Waals surface area (Å²) in [7, 11) is 0. The second-order valence-corrected chi connectivity index (χ2v) is 4.15. The van der Waals surface area contributed by atoms with Crippen molar-refractivity contribution in [2.24, 2.45) is 0 Å². The number of esters is 1. The fourth-order valence-corrected chi connectivity index (χ4v) is 2.01. The molecule has 0 atom stereocenters. The molecular weight excluding hydrogens is 208 g/mol. The van der Waals surface area contributed by atoms with Crippen molar-refractivity contribution in [1.29, 1.82) is 0 Å². The van der Waals surface area contributed by atoms with Crippen LogP contribution in [0.1, 0.15) is 18.1 Å². The minimum Gasteiger partial charge on any atom is -0.466 e. The Labute approximate surface area is 95.0 Å². The fourth-order valence-electron chi connectivity index (χ4n) is 1.41. The van der Waals surface area contributed by atoms with Crippen LogP contribution >= 0.6 is 11.8 Å². The zero-order valence-electron chi connectivity index (χ0n) is 9.37. The maximum absolute atomic E-state index is 11.4. The summed E-state index contributed by atoms with van der Waals surface area (Å²) in [5.74, 6) is -0.154. The molecule has 0 spiro atoms. The van der Waals surface area contributed by atoms with Crippen LogP contribution in [0.5, 0.6) is 0 Å². The molecule has 82 valence electrons. The minimum atomic E-state index is -0.154. The van der Waals surface area contributed by atoms with Crippen molar-refractivity contribution in [1.82, 2.24) is 0 Å². The molecule has 0 aliphatic heterocycles. The van der Waals surface area contributed by atoms with E-state index in [-0.39, 0.29) is 5.97 Å². The SMILES string of the molecule is CCOC(=O)Cc1cc(C)ccc1SC. The van der Waals surface area contributed by atoms with E-state index in [4.69, 9.17) is 4.74 Å². The molecule has 0 heterocycles. The first-order valence-corrected chi connectivity index (χ1v) is 6.19. The van der Waals surface area contributed by atoms with Crippen molar-refractivity contribution in [2.75, 3.05) is 12.9 Å². The summed E-state index contributed by atoms with van der Waals surface area (Å²) < 4.78 is 4.94. The van der Waals surface area contributed by atoms with Gasteiger partial charge in [0.05, 0.1) is 13.0 Å². The van der Waals surface area contributed by atoms with Gasteiger partial charge in [-0.3, -0.25) is 4.79 Å². The van der Waals surface area contributed by atoms with E-state index in [1.807, 2.05) is 26.2 Å². The lowest BCUT2D eigenvalue weighted by Gasteiger charge is -2.07. The van der Waals surface area contributed by atoms with Crippen molar-refractivity contribution in [3.8, 4) is 0 Å². The smallest absolute Gasteiger partial charge is 0.310 e. The van der Waals surface area contributed by atoms with Gasteiger partial charge in [-0.15, -0.1) is 11.8 Å². The highest BCUT2D eigenvalue weighted by Crippen LogP contribution is 2.22. The fraction of sp³-hybridized carbons (Fsp3) is 0.417. The van der Waals surface area contributed by atoms with E-state index in [0.29, 0.717) is 13.0 Å². The maximum Gasteiger partial charge on any atom is 0.310 e. The summed E-state index contributed by atoms with van der Waals surface area (Å²) in [5.41, 5.74) is 2.23. The van der Waals surface area contributed by atoms with E-state index in [9.17, 15) is 4.79 Å². The van der Waals surface area contributed by atoms with Gasteiger partial charge in [0, 0.05) is 4.90 Å². The standard InChI is InChI=1S/C12H16O2S/c1-4-14-12(13)8-10-7-9(2)5-6-11(10)15-3/h5-7H,4,8H2,1-3H3. The average molecular weight is 224 g/mol. The lowest BCUT2D eigenvalue weighted by atomic mass is 10.1. The van der Waals surface area contributed by atoms with Crippen LogP contribution in [0.3, 0.4) is 0 Å². The molecule has 3 heteroatoms. The van der Waals surface area contributed by atoms with Crippen LogP contribution < -0.4 is 0 Å². The maximum atomic E-state index is 11.4. The van der Waals surface area contributed by atoms with Gasteiger partial charge in [0.25, 0.3) is 0 Å². The summed E-state index contributed by atoms with van der Waals surface area (Å²) in [6.45, 7) is 4.29. The molecule has 15 heavy (non-hydrogen) atoms. The lowest BCUT2D eigenvalue weighted by molar-refractivity contribution is -0.142. The van der Waals surface area contributed by atoms with Crippen LogP contribution in [-0.4, -0.2) is 18.8 Å². The highest BCUT2D eigenvalue weighted by atomic mass is 32.2. The predicted octanol–water partition coefficient (Wildman–Crippen LogP) is 2.82. The lowest BCUT2D eigenvalue weighted by Crippen LogP contribution is -2.08. The molecule has 0 amide bonds. The molecule has 0 bridgehead atoms. The summed E-state index contributed by atoms with van der Waals surface area (Å²) in [6.07, 6.45) is 2.38. The first kappa shape index (κ1) is 12.1. The number of rotatable bonds is 4. The third-order valence-electron chi connectivity index (χ3n) is 2.08. The van der Waals surface area contributed by atoms with Crippen LogP contribution in [-0.2, 0) is 16.0 Å². The number of aryl methyl sites for hydroxylation is 1. The Morgan fingerprint density at radius 1 is 1.47 bits per heavy atom. The molecule has 0 aliphatic rings. The zero-order chi connectivity index (χ0) is 11.3. The van der Waals surface area contributed by atoms with Gasteiger partial charge >= 0.3 is 5.97 Å². The second-order valence-electron chi connectivity index (χ2n) is 3.30. The number of carbonyl (C=O) groups is 1. The van der Waals surface area contributed by atoms with Crippen molar-refractivity contribution >= 4 is 17.7 Å². The minimum absolute atomic E-state index is 0.154. The number of carbonyl (C=O) groups excluding carboxylic acids is 1. The summed E-state index contributed by atoms with van der Waals surface area (Å²) >= 11 is 1.66. The van der Waals surface area contributed by atoms with Crippen LogP contribution in [0.4, 0.5) is 0 Å². The molecule has 2 nitrogen and oxygen atoms in total. The van der Waals surface area contributed by atoms with Crippen molar-refractivity contribution in [3.05, 3.63) is 29.3 Å². The van der Waals surface area contributed by atoms with Crippen molar-refractivity contribution in [3.63, 3.8) is 0 Å². The Balaban J connectivity index is 2.82. The quantitative estimate of drug-likeness (QED) is 0.581. The van der Waals surface area contributed by atoms with E-state index >= 15 is 0 Å². The average Bonchev–Trinajstić information content (AvgIpc) is 2.18. The molecule has 1 aromatic rings. The number of hydrogen-bond donors (Lipinski definition) is 0. The van der Waals surface area contributed by atoms with Crippen molar-refractivity contribution < 1.29 is 9.53 Å². The summed E-state index contributed by atoms with van der Waals surface area (Å²) in [4.78, 5) is 12.5. The number of thioether (sulfide) groups is 1. The van der Waals surface area contributed by atoms with Gasteiger partial charge in [-0.25, -0.2) is 0 Å². The number of benzene rings is 1. The largest absolute Gasteiger partial charge is 0.466 e. The van der Waals surface area contributed by atoms with Gasteiger partial charge in [0.1, 0.15) is 0 Å². The first-order valence-electron chi connectivity index (χ1n) is 4.96. The Morgan fingerprint density at radius 2 is 2.20 bits per heavy atom. The van der Waals surface area contributed by atoms with Gasteiger partial charge in [-0.1, -0.05) is 17.7 Å². The van der Waals surface area contributed by atoms with Crippen LogP contribution in [0.15, 0.2) is 23.1 Å². The molecule has 0 saturated carbocycles. The molecule has 0 N–H and O–H groups in total. The molecule has 1 aromatic carbocycles. The topological polar surface area (TPSA) is 26.3 Å². The van der Waals surface area contributed by atoms with Gasteiger partial charge in [0.15, 0.2) is 0 Å². The van der Waals surface area contributed by atoms with Crippen LogP contribution in [0.25, 0.3) is 0 Å². The number of ether oxygens (including phenoxy) is 1. The highest BCUT2D eigenvalue weighted by molar-refractivity contribution is 7.98. The Kier molecular flexibility index (Phi) is 4.69. The summed E-state index contributed by atoms with van der Waals surface area (Å²) in [6, 6.07) is 6.15. The molecule has 0 fully saturated rings. The number of hydrogen-bond acceptors (Lipinski definition) is 3. The first-order chi connectivity index (χ1) is 7.17. The van der Waals surface area contributed by atoms with Gasteiger partial charge < -0.3 is 4.74 Å². The van der Waals surface area contributed by atoms with Gasteiger partial charge in [-0.05, 0) is 31.7 Å². The predicted molar refractivity (Wildman–Crippen MR) is 63.3 cm³/mol.